The third-order valence-corrected chi connectivity index (χ3v) is 8.29. The predicted molar refractivity (Wildman–Crippen MR) is 161 cm³/mol. The molecule has 1 aliphatic rings. The van der Waals surface area contributed by atoms with E-state index in [1.165, 1.54) is 23.8 Å². The van der Waals surface area contributed by atoms with E-state index in [0.717, 1.165) is 11.0 Å². The van der Waals surface area contributed by atoms with Crippen LogP contribution >= 0.6 is 0 Å². The molecule has 1 fully saturated rings. The highest BCUT2D eigenvalue weighted by molar-refractivity contribution is 5.99. The molecular formula is C32H31F4N5O5. The van der Waals surface area contributed by atoms with E-state index < -0.39 is 48.1 Å². The van der Waals surface area contributed by atoms with Crippen LogP contribution in [0.1, 0.15) is 32.9 Å². The van der Waals surface area contributed by atoms with Gasteiger partial charge in [-0.25, -0.2) is 14.2 Å². The minimum Gasteiger partial charge on any atom is -0.480 e. The van der Waals surface area contributed by atoms with Crippen molar-refractivity contribution in [1.29, 1.82) is 0 Å². The van der Waals surface area contributed by atoms with E-state index in [-0.39, 0.29) is 42.1 Å². The normalized spacial score (nSPS) is 16.0. The summed E-state index contributed by atoms with van der Waals surface area (Å²) >= 11 is 0. The molecule has 0 unspecified atom stereocenters. The summed E-state index contributed by atoms with van der Waals surface area (Å²) in [6.45, 7) is 4.19. The second kappa shape index (κ2) is 12.5. The van der Waals surface area contributed by atoms with E-state index in [9.17, 15) is 32.7 Å². The van der Waals surface area contributed by atoms with Crippen molar-refractivity contribution < 1.29 is 37.0 Å². The number of alkyl halides is 3. The fraction of sp³-hybridized carbons (Fsp3) is 0.344. The molecule has 1 aliphatic heterocycles. The minimum absolute atomic E-state index is 0.0127. The second-order valence-corrected chi connectivity index (χ2v) is 11.2. The third-order valence-electron chi connectivity index (χ3n) is 8.29. The van der Waals surface area contributed by atoms with Crippen LogP contribution < -0.4 is 15.8 Å². The second-order valence-electron chi connectivity index (χ2n) is 11.2. The zero-order valence-electron chi connectivity index (χ0n) is 25.4. The van der Waals surface area contributed by atoms with Gasteiger partial charge in [-0.1, -0.05) is 18.2 Å². The lowest BCUT2D eigenvalue weighted by molar-refractivity contribution is -0.167. The van der Waals surface area contributed by atoms with Gasteiger partial charge in [0, 0.05) is 48.5 Å². The number of nitrogens with zero attached hydrogens (tertiary/aromatic N) is 4. The molecule has 2 aromatic heterocycles. The van der Waals surface area contributed by atoms with Crippen molar-refractivity contribution in [2.24, 2.45) is 7.05 Å². The fourth-order valence-electron chi connectivity index (χ4n) is 5.64. The highest BCUT2D eigenvalue weighted by atomic mass is 19.4. The molecule has 2 atom stereocenters. The van der Waals surface area contributed by atoms with Crippen LogP contribution in [0.25, 0.3) is 22.2 Å². The number of rotatable bonds is 7. The van der Waals surface area contributed by atoms with Gasteiger partial charge in [0.2, 0.25) is 0 Å². The molecule has 0 spiro atoms. The molecule has 0 aliphatic carbocycles. The van der Waals surface area contributed by atoms with Gasteiger partial charge in [0.1, 0.15) is 23.6 Å². The summed E-state index contributed by atoms with van der Waals surface area (Å²) in [5.41, 5.74) is 2.02. The first-order valence-corrected chi connectivity index (χ1v) is 14.3. The van der Waals surface area contributed by atoms with E-state index >= 15 is 4.39 Å². The number of ether oxygens (including phenoxy) is 1. The van der Waals surface area contributed by atoms with Crippen LogP contribution in [0.2, 0.25) is 0 Å². The average Bonchev–Trinajstić information content (AvgIpc) is 3.01. The standard InChI is InChI=1S/C32H31F4N5O5/c1-16-12-20(41-10-11-46-15-25(41)32(34,35)36)14-23(33)26(16)29(42)39-24(31(44)45)13-19-7-8-22(27-21(19)6-5-9-37-27)28-30(43)40(4)18(3)17(2)38-28/h5-9,12,14,24-25H,10-11,13,15H2,1-4H3,(H,39,42)(H,44,45)/t24-,25+/m0/s1. The highest BCUT2D eigenvalue weighted by Crippen LogP contribution is 2.33. The summed E-state index contributed by atoms with van der Waals surface area (Å²) in [5.74, 6) is -3.52. The van der Waals surface area contributed by atoms with Crippen LogP contribution in [-0.4, -0.2) is 69.5 Å². The van der Waals surface area contributed by atoms with E-state index in [1.54, 1.807) is 45.2 Å². The Morgan fingerprint density at radius 3 is 2.59 bits per heavy atom. The van der Waals surface area contributed by atoms with E-state index in [2.05, 4.69) is 15.3 Å². The fourth-order valence-corrected chi connectivity index (χ4v) is 5.64. The molecule has 0 bridgehead atoms. The van der Waals surface area contributed by atoms with Crippen molar-refractivity contribution in [3.8, 4) is 11.3 Å². The van der Waals surface area contributed by atoms with Crippen LogP contribution in [0, 0.1) is 26.6 Å². The number of amides is 1. The SMILES string of the molecule is Cc1cc(N2CCOC[C@@H]2C(F)(F)F)cc(F)c1C(=O)N[C@@H](Cc1ccc(-c2nc(C)c(C)n(C)c2=O)c2ncccc12)C(=O)O. The summed E-state index contributed by atoms with van der Waals surface area (Å²) < 4.78 is 62.6. The number of morpholine rings is 1. The predicted octanol–water partition coefficient (Wildman–Crippen LogP) is 4.25. The van der Waals surface area contributed by atoms with Crippen LogP contribution in [0.15, 0.2) is 47.4 Å². The molecule has 1 amide bonds. The van der Waals surface area contributed by atoms with Gasteiger partial charge in [0.25, 0.3) is 11.5 Å². The number of carbonyl (C=O) groups is 2. The van der Waals surface area contributed by atoms with Crippen LogP contribution in [-0.2, 0) is 23.0 Å². The van der Waals surface area contributed by atoms with Gasteiger partial charge in [-0.15, -0.1) is 0 Å². The van der Waals surface area contributed by atoms with Gasteiger partial charge in [-0.3, -0.25) is 14.6 Å². The number of anilines is 1. The number of carboxylic acids is 1. The highest BCUT2D eigenvalue weighted by Gasteiger charge is 2.45. The molecule has 242 valence electrons. The number of carbonyl (C=O) groups excluding carboxylic acids is 1. The Hall–Kier alpha value is -4.85. The van der Waals surface area contributed by atoms with Gasteiger partial charge in [0.05, 0.1) is 30.0 Å². The van der Waals surface area contributed by atoms with Gasteiger partial charge >= 0.3 is 12.1 Å². The molecule has 1 saturated heterocycles. The summed E-state index contributed by atoms with van der Waals surface area (Å²) in [5, 5.41) is 12.9. The van der Waals surface area contributed by atoms with Crippen LogP contribution in [0.3, 0.4) is 0 Å². The zero-order valence-corrected chi connectivity index (χ0v) is 25.4. The Labute approximate surface area is 260 Å². The number of aromatic nitrogens is 3. The van der Waals surface area contributed by atoms with Crippen molar-refractivity contribution >= 4 is 28.5 Å². The van der Waals surface area contributed by atoms with Gasteiger partial charge in [-0.05, 0) is 50.1 Å². The van der Waals surface area contributed by atoms with Crippen molar-refractivity contribution in [3.63, 3.8) is 0 Å². The Balaban J connectivity index is 1.44. The van der Waals surface area contributed by atoms with E-state index in [4.69, 9.17) is 4.74 Å². The third kappa shape index (κ3) is 6.16. The van der Waals surface area contributed by atoms with Crippen LogP contribution in [0.4, 0.5) is 23.2 Å². The molecular weight excluding hydrogens is 610 g/mol. The summed E-state index contributed by atoms with van der Waals surface area (Å²) in [4.78, 5) is 48.5. The molecule has 4 aromatic rings. The maximum Gasteiger partial charge on any atom is 0.411 e. The summed E-state index contributed by atoms with van der Waals surface area (Å²) in [6.07, 6.45) is -3.32. The Kier molecular flexibility index (Phi) is 8.85. The first-order chi connectivity index (χ1) is 21.7. The number of carboxylic acid groups (broad SMARTS) is 1. The molecule has 3 heterocycles. The lowest BCUT2D eigenvalue weighted by Gasteiger charge is -2.38. The molecule has 2 N–H and O–H groups in total. The van der Waals surface area contributed by atoms with Gasteiger partial charge < -0.3 is 24.6 Å². The number of fused-ring (bicyclic) bond motifs is 1. The molecule has 2 aromatic carbocycles. The number of aryl methyl sites for hydroxylation is 2. The number of hydrogen-bond donors (Lipinski definition) is 2. The van der Waals surface area contributed by atoms with E-state index in [1.807, 2.05) is 0 Å². The summed E-state index contributed by atoms with van der Waals surface area (Å²) in [7, 11) is 1.64. The Bertz CT molecular complexity index is 1890. The van der Waals surface area contributed by atoms with Crippen molar-refractivity contribution in [2.75, 3.05) is 24.7 Å². The molecule has 5 rings (SSSR count). The molecule has 0 radical (unpaired) electrons. The van der Waals surface area contributed by atoms with Crippen molar-refractivity contribution in [1.82, 2.24) is 19.9 Å². The summed E-state index contributed by atoms with van der Waals surface area (Å²) in [6, 6.07) is 5.20. The van der Waals surface area contributed by atoms with Crippen molar-refractivity contribution in [3.05, 3.63) is 86.8 Å². The minimum atomic E-state index is -4.63. The quantitative estimate of drug-likeness (QED) is 0.287. The number of benzene rings is 2. The zero-order chi connectivity index (χ0) is 33.5. The van der Waals surface area contributed by atoms with Gasteiger partial charge in [-0.2, -0.15) is 13.2 Å². The Morgan fingerprint density at radius 2 is 1.91 bits per heavy atom. The van der Waals surface area contributed by atoms with E-state index in [0.29, 0.717) is 33.4 Å². The number of halogens is 4. The lowest BCUT2D eigenvalue weighted by Crippen LogP contribution is -2.53. The molecule has 0 saturated carbocycles. The van der Waals surface area contributed by atoms with Gasteiger partial charge in [0.15, 0.2) is 0 Å². The first kappa shape index (κ1) is 32.5. The maximum absolute atomic E-state index is 15.4. The topological polar surface area (TPSA) is 127 Å². The van der Waals surface area contributed by atoms with Crippen molar-refractivity contribution in [2.45, 2.75) is 45.5 Å². The van der Waals surface area contributed by atoms with Crippen LogP contribution in [0.5, 0.6) is 0 Å². The molecule has 14 heteroatoms. The smallest absolute Gasteiger partial charge is 0.411 e. The Morgan fingerprint density at radius 1 is 1.17 bits per heavy atom. The lowest BCUT2D eigenvalue weighted by atomic mass is 9.96. The number of hydrogen-bond acceptors (Lipinski definition) is 7. The largest absolute Gasteiger partial charge is 0.480 e. The number of nitrogens with one attached hydrogen (secondary N) is 1. The maximum atomic E-state index is 15.4. The number of pyridine rings is 1. The molecule has 46 heavy (non-hydrogen) atoms. The monoisotopic (exact) mass is 641 g/mol. The molecule has 10 nitrogen and oxygen atoms in total. The number of aliphatic carboxylic acids is 1. The first-order valence-electron chi connectivity index (χ1n) is 14.3. The average molecular weight is 642 g/mol.